The average Bonchev–Trinajstić information content (AvgIpc) is 2.62. The van der Waals surface area contributed by atoms with Gasteiger partial charge in [0.1, 0.15) is 0 Å². The number of hydrogen-bond acceptors (Lipinski definition) is 3. The predicted molar refractivity (Wildman–Crippen MR) is 94.4 cm³/mol. The van der Waals surface area contributed by atoms with Crippen LogP contribution in [0.3, 0.4) is 0 Å². The standard InChI is InChI=1S/C20H22N2O3/c1-13-5-7-14(8-6-13)11-19(23)21-18-4-2-3-15-12-16(20(24)22-25)9-10-17(15)18/h5-10,12,18,25H,2-4,11H2,1H3,(H,21,23)(H,22,24). The van der Waals surface area contributed by atoms with Crippen molar-refractivity contribution < 1.29 is 14.8 Å². The number of hydrogen-bond donors (Lipinski definition) is 3. The molecule has 0 aliphatic heterocycles. The molecular formula is C20H22N2O3. The summed E-state index contributed by atoms with van der Waals surface area (Å²) in [5.74, 6) is -0.521. The Labute approximate surface area is 147 Å². The normalized spacial score (nSPS) is 16.0. The SMILES string of the molecule is Cc1ccc(CC(=O)NC2CCCc3cc(C(=O)NO)ccc32)cc1. The molecular weight excluding hydrogens is 316 g/mol. The summed E-state index contributed by atoms with van der Waals surface area (Å²) in [7, 11) is 0. The molecule has 1 atom stereocenters. The minimum absolute atomic E-state index is 0.00104. The first-order chi connectivity index (χ1) is 12.1. The van der Waals surface area contributed by atoms with Crippen molar-refractivity contribution in [3.63, 3.8) is 0 Å². The molecule has 0 radical (unpaired) electrons. The number of benzene rings is 2. The van der Waals surface area contributed by atoms with Crippen molar-refractivity contribution in [1.82, 2.24) is 10.8 Å². The van der Waals surface area contributed by atoms with E-state index in [9.17, 15) is 9.59 Å². The molecule has 2 aromatic carbocycles. The molecule has 2 amide bonds. The Hall–Kier alpha value is -2.66. The molecule has 0 bridgehead atoms. The Balaban J connectivity index is 1.71. The molecule has 0 heterocycles. The van der Waals surface area contributed by atoms with Crippen LogP contribution in [0, 0.1) is 6.92 Å². The summed E-state index contributed by atoms with van der Waals surface area (Å²) in [6.07, 6.45) is 3.06. The average molecular weight is 338 g/mol. The van der Waals surface area contributed by atoms with Crippen molar-refractivity contribution in [2.45, 2.75) is 38.6 Å². The first-order valence-corrected chi connectivity index (χ1v) is 8.49. The van der Waals surface area contributed by atoms with Crippen LogP contribution in [0.5, 0.6) is 0 Å². The zero-order valence-corrected chi connectivity index (χ0v) is 14.2. The number of hydroxylamine groups is 1. The van der Waals surface area contributed by atoms with Crippen molar-refractivity contribution in [1.29, 1.82) is 0 Å². The van der Waals surface area contributed by atoms with Crippen molar-refractivity contribution in [2.75, 3.05) is 0 Å². The van der Waals surface area contributed by atoms with Crippen molar-refractivity contribution in [3.05, 3.63) is 70.3 Å². The highest BCUT2D eigenvalue weighted by Gasteiger charge is 2.22. The fourth-order valence-electron chi connectivity index (χ4n) is 3.31. The Morgan fingerprint density at radius 1 is 1.16 bits per heavy atom. The fraction of sp³-hybridized carbons (Fsp3) is 0.300. The number of carbonyl (C=O) groups is 2. The van der Waals surface area contributed by atoms with Crippen LogP contribution in [-0.2, 0) is 17.6 Å². The van der Waals surface area contributed by atoms with E-state index in [1.54, 1.807) is 17.6 Å². The van der Waals surface area contributed by atoms with E-state index in [0.29, 0.717) is 12.0 Å². The smallest absolute Gasteiger partial charge is 0.274 e. The van der Waals surface area contributed by atoms with Crippen LogP contribution in [0.25, 0.3) is 0 Å². The van der Waals surface area contributed by atoms with E-state index in [-0.39, 0.29) is 11.9 Å². The molecule has 3 rings (SSSR count). The zero-order valence-electron chi connectivity index (χ0n) is 14.2. The lowest BCUT2D eigenvalue weighted by Crippen LogP contribution is -2.32. The Morgan fingerprint density at radius 2 is 1.92 bits per heavy atom. The van der Waals surface area contributed by atoms with Crippen LogP contribution in [0.1, 0.15) is 51.5 Å². The monoisotopic (exact) mass is 338 g/mol. The largest absolute Gasteiger partial charge is 0.349 e. The molecule has 0 fully saturated rings. The summed E-state index contributed by atoms with van der Waals surface area (Å²) in [6.45, 7) is 2.02. The topological polar surface area (TPSA) is 78.4 Å². The predicted octanol–water partition coefficient (Wildman–Crippen LogP) is 2.85. The summed E-state index contributed by atoms with van der Waals surface area (Å²) in [4.78, 5) is 23.9. The summed E-state index contributed by atoms with van der Waals surface area (Å²) in [6, 6.07) is 13.3. The molecule has 0 saturated carbocycles. The molecule has 1 aliphatic rings. The molecule has 0 saturated heterocycles. The van der Waals surface area contributed by atoms with E-state index >= 15 is 0 Å². The molecule has 130 valence electrons. The second-order valence-electron chi connectivity index (χ2n) is 6.53. The minimum atomic E-state index is -0.520. The van der Waals surface area contributed by atoms with Crippen molar-refractivity contribution >= 4 is 11.8 Å². The van der Waals surface area contributed by atoms with E-state index in [4.69, 9.17) is 5.21 Å². The summed E-state index contributed by atoms with van der Waals surface area (Å²) < 4.78 is 0. The van der Waals surface area contributed by atoms with Gasteiger partial charge in [-0.1, -0.05) is 35.9 Å². The van der Waals surface area contributed by atoms with Gasteiger partial charge in [0.2, 0.25) is 5.91 Å². The molecule has 5 nitrogen and oxygen atoms in total. The molecule has 3 N–H and O–H groups in total. The number of aryl methyl sites for hydroxylation is 2. The van der Waals surface area contributed by atoms with Crippen LogP contribution in [0.2, 0.25) is 0 Å². The highest BCUT2D eigenvalue weighted by molar-refractivity contribution is 5.93. The maximum absolute atomic E-state index is 12.4. The maximum atomic E-state index is 12.4. The highest BCUT2D eigenvalue weighted by atomic mass is 16.5. The second-order valence-corrected chi connectivity index (χ2v) is 6.53. The van der Waals surface area contributed by atoms with Crippen LogP contribution < -0.4 is 10.8 Å². The second kappa shape index (κ2) is 7.49. The van der Waals surface area contributed by atoms with Gasteiger partial charge in [-0.3, -0.25) is 14.8 Å². The lowest BCUT2D eigenvalue weighted by Gasteiger charge is -2.27. The van der Waals surface area contributed by atoms with Crippen molar-refractivity contribution in [3.8, 4) is 0 Å². The Morgan fingerprint density at radius 3 is 2.64 bits per heavy atom. The first kappa shape index (κ1) is 17.2. The molecule has 1 aliphatic carbocycles. The molecule has 2 aromatic rings. The van der Waals surface area contributed by atoms with E-state index < -0.39 is 5.91 Å². The number of carbonyl (C=O) groups excluding carboxylic acids is 2. The fourth-order valence-corrected chi connectivity index (χ4v) is 3.31. The van der Waals surface area contributed by atoms with Crippen LogP contribution >= 0.6 is 0 Å². The third-order valence-corrected chi connectivity index (χ3v) is 4.64. The minimum Gasteiger partial charge on any atom is -0.349 e. The maximum Gasteiger partial charge on any atom is 0.274 e. The Bertz CT molecular complexity index is 784. The number of nitrogens with one attached hydrogen (secondary N) is 2. The third kappa shape index (κ3) is 4.06. The summed E-state index contributed by atoms with van der Waals surface area (Å²) >= 11 is 0. The quantitative estimate of drug-likeness (QED) is 0.592. The number of fused-ring (bicyclic) bond motifs is 1. The first-order valence-electron chi connectivity index (χ1n) is 8.49. The molecule has 0 aromatic heterocycles. The van der Waals surface area contributed by atoms with Gasteiger partial charge < -0.3 is 5.32 Å². The molecule has 5 heteroatoms. The highest BCUT2D eigenvalue weighted by Crippen LogP contribution is 2.30. The van der Waals surface area contributed by atoms with Gasteiger partial charge in [0, 0.05) is 5.56 Å². The van der Waals surface area contributed by atoms with Gasteiger partial charge in [-0.15, -0.1) is 0 Å². The lowest BCUT2D eigenvalue weighted by atomic mass is 9.86. The molecule has 25 heavy (non-hydrogen) atoms. The van der Waals surface area contributed by atoms with Crippen LogP contribution in [-0.4, -0.2) is 17.0 Å². The van der Waals surface area contributed by atoms with E-state index in [1.807, 2.05) is 37.3 Å². The number of rotatable bonds is 4. The van der Waals surface area contributed by atoms with E-state index in [0.717, 1.165) is 36.0 Å². The van der Waals surface area contributed by atoms with E-state index in [2.05, 4.69) is 5.32 Å². The van der Waals surface area contributed by atoms with Gasteiger partial charge in [0.25, 0.3) is 5.91 Å². The van der Waals surface area contributed by atoms with Gasteiger partial charge in [-0.05, 0) is 55.0 Å². The lowest BCUT2D eigenvalue weighted by molar-refractivity contribution is -0.121. The number of amides is 2. The van der Waals surface area contributed by atoms with Gasteiger partial charge in [0.05, 0.1) is 12.5 Å². The van der Waals surface area contributed by atoms with Gasteiger partial charge in [0.15, 0.2) is 0 Å². The van der Waals surface area contributed by atoms with Gasteiger partial charge in [-0.25, -0.2) is 5.48 Å². The van der Waals surface area contributed by atoms with Gasteiger partial charge >= 0.3 is 0 Å². The van der Waals surface area contributed by atoms with Crippen molar-refractivity contribution in [2.24, 2.45) is 0 Å². The van der Waals surface area contributed by atoms with E-state index in [1.165, 1.54) is 5.56 Å². The summed E-state index contributed by atoms with van der Waals surface area (Å²) in [5, 5.41) is 11.9. The van der Waals surface area contributed by atoms with Gasteiger partial charge in [-0.2, -0.15) is 0 Å². The molecule has 0 spiro atoms. The molecule has 1 unspecified atom stereocenters. The third-order valence-electron chi connectivity index (χ3n) is 4.64. The van der Waals surface area contributed by atoms with Crippen LogP contribution in [0.15, 0.2) is 42.5 Å². The Kier molecular flexibility index (Phi) is 5.14. The zero-order chi connectivity index (χ0) is 17.8. The summed E-state index contributed by atoms with van der Waals surface area (Å²) in [5.41, 5.74) is 6.35. The van der Waals surface area contributed by atoms with Crippen LogP contribution in [0.4, 0.5) is 0 Å².